The van der Waals surface area contributed by atoms with Gasteiger partial charge < -0.3 is 10.5 Å². The third kappa shape index (κ3) is 2.79. The summed E-state index contributed by atoms with van der Waals surface area (Å²) >= 11 is 0. The highest BCUT2D eigenvalue weighted by atomic mass is 32.2. The molecular formula is C10H21N3O3S. The van der Waals surface area contributed by atoms with Crippen LogP contribution in [0.1, 0.15) is 20.3 Å². The lowest BCUT2D eigenvalue weighted by Crippen LogP contribution is -2.52. The van der Waals surface area contributed by atoms with Crippen molar-refractivity contribution in [1.82, 2.24) is 8.61 Å². The van der Waals surface area contributed by atoms with Crippen LogP contribution in [0.4, 0.5) is 0 Å². The molecule has 0 radical (unpaired) electrons. The van der Waals surface area contributed by atoms with Gasteiger partial charge in [0, 0.05) is 32.2 Å². The van der Waals surface area contributed by atoms with Crippen molar-refractivity contribution < 1.29 is 13.2 Å². The number of hydrogen-bond acceptors (Lipinski definition) is 4. The Bertz CT molecular complexity index is 363. The minimum absolute atomic E-state index is 0.0272. The highest BCUT2D eigenvalue weighted by molar-refractivity contribution is 7.86. The quantitative estimate of drug-likeness (QED) is 0.720. The van der Waals surface area contributed by atoms with Crippen LogP contribution < -0.4 is 5.73 Å². The molecule has 2 saturated heterocycles. The summed E-state index contributed by atoms with van der Waals surface area (Å²) in [6.45, 7) is 5.62. The van der Waals surface area contributed by atoms with E-state index in [-0.39, 0.29) is 18.2 Å². The van der Waals surface area contributed by atoms with E-state index in [0.29, 0.717) is 26.2 Å². The normalized spacial score (nSPS) is 37.5. The molecule has 6 nitrogen and oxygen atoms in total. The fraction of sp³-hybridized carbons (Fsp3) is 1.00. The summed E-state index contributed by atoms with van der Waals surface area (Å²) in [7, 11) is -3.35. The van der Waals surface area contributed by atoms with Crippen molar-refractivity contribution in [2.75, 3.05) is 26.2 Å². The Morgan fingerprint density at radius 3 is 2.18 bits per heavy atom. The van der Waals surface area contributed by atoms with Gasteiger partial charge in [-0.2, -0.15) is 17.0 Å². The van der Waals surface area contributed by atoms with Crippen molar-refractivity contribution in [3.05, 3.63) is 0 Å². The number of nitrogens with zero attached hydrogens (tertiary/aromatic N) is 2. The summed E-state index contributed by atoms with van der Waals surface area (Å²) in [6.07, 6.45) is 0.642. The van der Waals surface area contributed by atoms with Crippen molar-refractivity contribution in [3.8, 4) is 0 Å². The van der Waals surface area contributed by atoms with E-state index in [9.17, 15) is 8.42 Å². The van der Waals surface area contributed by atoms with Gasteiger partial charge in [-0.3, -0.25) is 0 Å². The van der Waals surface area contributed by atoms with Crippen LogP contribution >= 0.6 is 0 Å². The number of nitrogens with two attached hydrogens (primary N) is 1. The van der Waals surface area contributed by atoms with Gasteiger partial charge in [0.25, 0.3) is 10.2 Å². The lowest BCUT2D eigenvalue weighted by atomic mass is 10.3. The Labute approximate surface area is 103 Å². The van der Waals surface area contributed by atoms with Crippen molar-refractivity contribution in [2.45, 2.75) is 38.5 Å². The van der Waals surface area contributed by atoms with E-state index in [1.165, 1.54) is 8.61 Å². The van der Waals surface area contributed by atoms with Crippen molar-refractivity contribution >= 4 is 10.2 Å². The third-order valence-corrected chi connectivity index (χ3v) is 5.16. The van der Waals surface area contributed by atoms with Gasteiger partial charge in [-0.1, -0.05) is 0 Å². The standard InChI is InChI=1S/C10H21N3O3S/c1-8-5-13(6-9(2)16-8)17(14,15)12-4-3-10(11)7-12/h8-10H,3-7,11H2,1-2H3/t8?,9?,10-/m1/s1. The second-order valence-electron chi connectivity index (χ2n) is 4.99. The summed E-state index contributed by atoms with van der Waals surface area (Å²) in [4.78, 5) is 0. The van der Waals surface area contributed by atoms with Crippen LogP contribution in [0.3, 0.4) is 0 Å². The smallest absolute Gasteiger partial charge is 0.282 e. The molecule has 100 valence electrons. The summed E-state index contributed by atoms with van der Waals surface area (Å²) in [6, 6.07) is -0.0272. The topological polar surface area (TPSA) is 75.9 Å². The van der Waals surface area contributed by atoms with Gasteiger partial charge in [-0.25, -0.2) is 0 Å². The highest BCUT2D eigenvalue weighted by Gasteiger charge is 2.37. The molecule has 2 heterocycles. The lowest BCUT2D eigenvalue weighted by molar-refractivity contribution is -0.0453. The fourth-order valence-electron chi connectivity index (χ4n) is 2.45. The predicted molar refractivity (Wildman–Crippen MR) is 64.7 cm³/mol. The first kappa shape index (κ1) is 13.2. The molecule has 7 heteroatoms. The monoisotopic (exact) mass is 263 g/mol. The molecule has 0 saturated carbocycles. The average molecular weight is 263 g/mol. The zero-order valence-electron chi connectivity index (χ0n) is 10.4. The molecule has 2 aliphatic heterocycles. The zero-order valence-corrected chi connectivity index (χ0v) is 11.2. The number of rotatable bonds is 2. The highest BCUT2D eigenvalue weighted by Crippen LogP contribution is 2.20. The van der Waals surface area contributed by atoms with Crippen molar-refractivity contribution in [3.63, 3.8) is 0 Å². The summed E-state index contributed by atoms with van der Waals surface area (Å²) in [5.74, 6) is 0. The minimum atomic E-state index is -3.35. The molecule has 2 rings (SSSR count). The number of ether oxygens (including phenoxy) is 1. The van der Waals surface area contributed by atoms with E-state index in [1.807, 2.05) is 13.8 Å². The Morgan fingerprint density at radius 1 is 1.12 bits per heavy atom. The van der Waals surface area contributed by atoms with Gasteiger partial charge in [0.1, 0.15) is 0 Å². The SMILES string of the molecule is CC1CN(S(=O)(=O)N2CC[C@@H](N)C2)CC(C)O1. The van der Waals surface area contributed by atoms with Gasteiger partial charge in [0.05, 0.1) is 12.2 Å². The minimum Gasteiger partial charge on any atom is -0.373 e. The Hall–Kier alpha value is -0.210. The molecule has 2 N–H and O–H groups in total. The summed E-state index contributed by atoms with van der Waals surface area (Å²) in [5.41, 5.74) is 5.76. The predicted octanol–water partition coefficient (Wildman–Crippen LogP) is -0.627. The molecule has 3 atom stereocenters. The molecule has 0 aliphatic carbocycles. The largest absolute Gasteiger partial charge is 0.373 e. The van der Waals surface area contributed by atoms with Crippen LogP contribution in [0.2, 0.25) is 0 Å². The third-order valence-electron chi connectivity index (χ3n) is 3.23. The maximum absolute atomic E-state index is 12.4. The van der Waals surface area contributed by atoms with Crippen LogP contribution in [0.15, 0.2) is 0 Å². The van der Waals surface area contributed by atoms with E-state index in [1.54, 1.807) is 0 Å². The second kappa shape index (κ2) is 4.81. The number of hydrogen-bond donors (Lipinski definition) is 1. The van der Waals surface area contributed by atoms with Crippen molar-refractivity contribution in [2.24, 2.45) is 5.73 Å². The molecule has 2 fully saturated rings. The molecule has 2 aliphatic rings. The first-order valence-corrected chi connectivity index (χ1v) is 7.45. The molecule has 0 aromatic carbocycles. The Balaban J connectivity index is 2.09. The van der Waals surface area contributed by atoms with Gasteiger partial charge >= 0.3 is 0 Å². The van der Waals surface area contributed by atoms with Gasteiger partial charge in [-0.05, 0) is 20.3 Å². The van der Waals surface area contributed by atoms with Crippen LogP contribution in [-0.2, 0) is 14.9 Å². The maximum Gasteiger partial charge on any atom is 0.282 e. The molecule has 0 aromatic heterocycles. The van der Waals surface area contributed by atoms with E-state index >= 15 is 0 Å². The van der Waals surface area contributed by atoms with E-state index in [2.05, 4.69) is 0 Å². The van der Waals surface area contributed by atoms with Gasteiger partial charge in [0.2, 0.25) is 0 Å². The van der Waals surface area contributed by atoms with Crippen molar-refractivity contribution in [1.29, 1.82) is 0 Å². The molecule has 0 amide bonds. The number of morpholine rings is 1. The van der Waals surface area contributed by atoms with Gasteiger partial charge in [-0.15, -0.1) is 0 Å². The summed E-state index contributed by atoms with van der Waals surface area (Å²) < 4.78 is 33.3. The molecule has 17 heavy (non-hydrogen) atoms. The average Bonchev–Trinajstić information content (AvgIpc) is 2.64. The van der Waals surface area contributed by atoms with E-state index in [4.69, 9.17) is 10.5 Å². The molecule has 0 bridgehead atoms. The van der Waals surface area contributed by atoms with E-state index < -0.39 is 10.2 Å². The lowest BCUT2D eigenvalue weighted by Gasteiger charge is -2.36. The maximum atomic E-state index is 12.4. The first-order chi connectivity index (χ1) is 7.89. The Kier molecular flexibility index (Phi) is 3.74. The fourth-order valence-corrected chi connectivity index (χ4v) is 4.29. The molecule has 0 spiro atoms. The van der Waals surface area contributed by atoms with E-state index in [0.717, 1.165) is 6.42 Å². The van der Waals surface area contributed by atoms with Gasteiger partial charge in [0.15, 0.2) is 0 Å². The first-order valence-electron chi connectivity index (χ1n) is 6.06. The second-order valence-corrected chi connectivity index (χ2v) is 6.92. The Morgan fingerprint density at radius 2 is 1.71 bits per heavy atom. The molecular weight excluding hydrogens is 242 g/mol. The molecule has 2 unspecified atom stereocenters. The zero-order chi connectivity index (χ0) is 12.6. The van der Waals surface area contributed by atoms with Crippen LogP contribution in [0, 0.1) is 0 Å². The van der Waals surface area contributed by atoms with Crippen LogP contribution in [-0.4, -0.2) is 61.5 Å². The molecule has 0 aromatic rings. The summed E-state index contributed by atoms with van der Waals surface area (Å²) in [5, 5.41) is 0. The van der Waals surface area contributed by atoms with Crippen LogP contribution in [0.5, 0.6) is 0 Å². The van der Waals surface area contributed by atoms with Crippen LogP contribution in [0.25, 0.3) is 0 Å².